The Morgan fingerprint density at radius 1 is 1.00 bits per heavy atom. The Morgan fingerprint density at radius 2 is 1.80 bits per heavy atom. The van der Waals surface area contributed by atoms with E-state index in [1.165, 1.54) is 16.8 Å². The van der Waals surface area contributed by atoms with Crippen molar-refractivity contribution in [2.75, 3.05) is 0 Å². The van der Waals surface area contributed by atoms with Crippen LogP contribution in [0, 0.1) is 0 Å². The van der Waals surface area contributed by atoms with Crippen LogP contribution in [0.15, 0.2) is 60.0 Å². The van der Waals surface area contributed by atoms with Gasteiger partial charge in [0.15, 0.2) is 0 Å². The van der Waals surface area contributed by atoms with Gasteiger partial charge in [0.2, 0.25) is 0 Å². The van der Waals surface area contributed by atoms with E-state index in [0.717, 1.165) is 16.0 Å². The highest BCUT2D eigenvalue weighted by Gasteiger charge is 2.08. The van der Waals surface area contributed by atoms with E-state index < -0.39 is 5.97 Å². The van der Waals surface area contributed by atoms with Crippen LogP contribution >= 0.6 is 11.3 Å². The van der Waals surface area contributed by atoms with Crippen molar-refractivity contribution in [2.24, 2.45) is 0 Å². The number of hydrogen-bond donors (Lipinski definition) is 1. The molecule has 0 saturated heterocycles. The van der Waals surface area contributed by atoms with Crippen molar-refractivity contribution in [3.05, 3.63) is 64.9 Å². The molecule has 0 aliphatic carbocycles. The first-order chi connectivity index (χ1) is 9.75. The molecule has 98 valence electrons. The fraction of sp³-hybridized carbons (Fsp3) is 0. The van der Waals surface area contributed by atoms with Gasteiger partial charge >= 0.3 is 5.97 Å². The topological polar surface area (TPSA) is 37.3 Å². The Bertz CT molecular complexity index is 794. The summed E-state index contributed by atoms with van der Waals surface area (Å²) in [6.07, 6.45) is 2.84. The van der Waals surface area contributed by atoms with Crippen LogP contribution in [0.2, 0.25) is 0 Å². The minimum absolute atomic E-state index is 0.928. The fourth-order valence-corrected chi connectivity index (χ4v) is 3.08. The van der Waals surface area contributed by atoms with E-state index in [1.54, 1.807) is 17.4 Å². The third-order valence-corrected chi connectivity index (χ3v) is 4.03. The van der Waals surface area contributed by atoms with Gasteiger partial charge in [0, 0.05) is 16.5 Å². The normalized spacial score (nSPS) is 11.2. The Labute approximate surface area is 120 Å². The van der Waals surface area contributed by atoms with Crippen molar-refractivity contribution in [2.45, 2.75) is 0 Å². The number of carbonyl (C=O) groups is 1. The van der Waals surface area contributed by atoms with Crippen LogP contribution in [0.25, 0.3) is 28.0 Å². The van der Waals surface area contributed by atoms with Crippen molar-refractivity contribution in [1.82, 2.24) is 0 Å². The predicted octanol–water partition coefficient (Wildman–Crippen LogP) is 4.67. The second-order valence-electron chi connectivity index (χ2n) is 4.40. The first-order valence-electron chi connectivity index (χ1n) is 6.22. The maximum atomic E-state index is 10.7. The zero-order valence-electron chi connectivity index (χ0n) is 10.6. The molecule has 0 bridgehead atoms. The second-order valence-corrected chi connectivity index (χ2v) is 5.34. The van der Waals surface area contributed by atoms with Gasteiger partial charge in [-0.2, -0.15) is 0 Å². The van der Waals surface area contributed by atoms with Gasteiger partial charge in [-0.3, -0.25) is 0 Å². The Morgan fingerprint density at radius 3 is 2.65 bits per heavy atom. The van der Waals surface area contributed by atoms with Crippen LogP contribution in [0.1, 0.15) is 4.88 Å². The number of thiophene rings is 1. The molecule has 0 saturated carbocycles. The SMILES string of the molecule is O=C(O)/C=C/c1sccc1-c1cccc2ccccc12. The Balaban J connectivity index is 2.17. The van der Waals surface area contributed by atoms with Crippen molar-refractivity contribution < 1.29 is 9.90 Å². The maximum Gasteiger partial charge on any atom is 0.328 e. The molecule has 1 heterocycles. The summed E-state index contributed by atoms with van der Waals surface area (Å²) in [7, 11) is 0. The molecule has 0 unspecified atom stereocenters. The summed E-state index contributed by atoms with van der Waals surface area (Å²) in [5.74, 6) is -0.928. The van der Waals surface area contributed by atoms with Crippen LogP contribution < -0.4 is 0 Å². The predicted molar refractivity (Wildman–Crippen MR) is 83.9 cm³/mol. The zero-order chi connectivity index (χ0) is 13.9. The van der Waals surface area contributed by atoms with Gasteiger partial charge in [-0.1, -0.05) is 42.5 Å². The highest BCUT2D eigenvalue weighted by Crippen LogP contribution is 2.34. The highest BCUT2D eigenvalue weighted by molar-refractivity contribution is 7.11. The molecule has 2 aromatic carbocycles. The molecule has 1 N–H and O–H groups in total. The first-order valence-corrected chi connectivity index (χ1v) is 7.10. The number of fused-ring (bicyclic) bond motifs is 1. The van der Waals surface area contributed by atoms with E-state index in [0.29, 0.717) is 0 Å². The maximum absolute atomic E-state index is 10.7. The number of carboxylic acids is 1. The summed E-state index contributed by atoms with van der Waals surface area (Å²) in [6, 6.07) is 16.4. The third kappa shape index (κ3) is 2.36. The van der Waals surface area contributed by atoms with E-state index in [4.69, 9.17) is 5.11 Å². The van der Waals surface area contributed by atoms with Crippen LogP contribution in [0.4, 0.5) is 0 Å². The van der Waals surface area contributed by atoms with Gasteiger partial charge in [0.05, 0.1) is 0 Å². The Kier molecular flexibility index (Phi) is 3.35. The van der Waals surface area contributed by atoms with E-state index in [2.05, 4.69) is 24.3 Å². The van der Waals surface area contributed by atoms with Crippen molar-refractivity contribution >= 4 is 34.2 Å². The van der Waals surface area contributed by atoms with E-state index >= 15 is 0 Å². The van der Waals surface area contributed by atoms with Crippen LogP contribution in [0.3, 0.4) is 0 Å². The lowest BCUT2D eigenvalue weighted by molar-refractivity contribution is -0.131. The molecule has 3 aromatic rings. The number of rotatable bonds is 3. The number of benzene rings is 2. The average molecular weight is 280 g/mol. The molecule has 0 fully saturated rings. The minimum Gasteiger partial charge on any atom is -0.478 e. The summed E-state index contributed by atoms with van der Waals surface area (Å²) in [5, 5.41) is 13.1. The summed E-state index contributed by atoms with van der Waals surface area (Å²) in [4.78, 5) is 11.6. The lowest BCUT2D eigenvalue weighted by atomic mass is 9.99. The number of hydrogen-bond acceptors (Lipinski definition) is 2. The highest BCUT2D eigenvalue weighted by atomic mass is 32.1. The first kappa shape index (κ1) is 12.6. The van der Waals surface area contributed by atoms with E-state index in [1.807, 2.05) is 29.6 Å². The molecule has 0 atom stereocenters. The molecule has 3 rings (SSSR count). The summed E-state index contributed by atoms with van der Waals surface area (Å²) in [6.45, 7) is 0. The molecule has 0 aliphatic rings. The average Bonchev–Trinajstić information content (AvgIpc) is 2.92. The molecule has 0 radical (unpaired) electrons. The minimum atomic E-state index is -0.928. The second kappa shape index (κ2) is 5.31. The van der Waals surface area contributed by atoms with Gasteiger partial charge < -0.3 is 5.11 Å². The Hall–Kier alpha value is -2.39. The lowest BCUT2D eigenvalue weighted by Crippen LogP contribution is -1.86. The van der Waals surface area contributed by atoms with Gasteiger partial charge in [-0.25, -0.2) is 4.79 Å². The smallest absolute Gasteiger partial charge is 0.328 e. The molecule has 2 nitrogen and oxygen atoms in total. The molecule has 0 amide bonds. The summed E-state index contributed by atoms with van der Waals surface area (Å²) < 4.78 is 0. The quantitative estimate of drug-likeness (QED) is 0.708. The van der Waals surface area contributed by atoms with Gasteiger partial charge in [-0.15, -0.1) is 11.3 Å². The number of aliphatic carboxylic acids is 1. The van der Waals surface area contributed by atoms with Gasteiger partial charge in [0.25, 0.3) is 0 Å². The van der Waals surface area contributed by atoms with Crippen LogP contribution in [-0.2, 0) is 4.79 Å². The molecule has 1 aromatic heterocycles. The molecule has 0 aliphatic heterocycles. The summed E-state index contributed by atoms with van der Waals surface area (Å²) in [5.41, 5.74) is 2.21. The fourth-order valence-electron chi connectivity index (χ4n) is 2.28. The van der Waals surface area contributed by atoms with Gasteiger partial charge in [0.1, 0.15) is 0 Å². The lowest BCUT2D eigenvalue weighted by Gasteiger charge is -2.06. The van der Waals surface area contributed by atoms with E-state index in [9.17, 15) is 4.79 Å². The van der Waals surface area contributed by atoms with Crippen molar-refractivity contribution in [3.63, 3.8) is 0 Å². The van der Waals surface area contributed by atoms with Gasteiger partial charge in [-0.05, 0) is 33.9 Å². The van der Waals surface area contributed by atoms with Crippen LogP contribution in [-0.4, -0.2) is 11.1 Å². The van der Waals surface area contributed by atoms with Crippen molar-refractivity contribution in [3.8, 4) is 11.1 Å². The van der Waals surface area contributed by atoms with Crippen LogP contribution in [0.5, 0.6) is 0 Å². The summed E-state index contributed by atoms with van der Waals surface area (Å²) >= 11 is 1.54. The monoisotopic (exact) mass is 280 g/mol. The zero-order valence-corrected chi connectivity index (χ0v) is 11.4. The molecular weight excluding hydrogens is 268 g/mol. The molecule has 20 heavy (non-hydrogen) atoms. The standard InChI is InChI=1S/C17H12O2S/c18-17(19)9-8-16-15(10-11-20-16)14-7-3-5-12-4-1-2-6-13(12)14/h1-11H,(H,18,19)/b9-8+. The molecule has 0 spiro atoms. The molecular formula is C17H12O2S. The molecule has 3 heteroatoms. The van der Waals surface area contributed by atoms with E-state index in [-0.39, 0.29) is 0 Å². The largest absolute Gasteiger partial charge is 0.478 e. The van der Waals surface area contributed by atoms with Crippen molar-refractivity contribution in [1.29, 1.82) is 0 Å². The third-order valence-electron chi connectivity index (χ3n) is 3.15. The number of carboxylic acid groups (broad SMARTS) is 1.